The number of hydrogen-bond donors (Lipinski definition) is 2. The third-order valence-corrected chi connectivity index (χ3v) is 3.82. The lowest BCUT2D eigenvalue weighted by molar-refractivity contribution is 0.0915. The molecule has 2 aromatic heterocycles. The largest absolute Gasteiger partial charge is 0.455 e. The first-order chi connectivity index (χ1) is 10.5. The summed E-state index contributed by atoms with van der Waals surface area (Å²) in [7, 11) is 0. The molecular formula is C16H18N2O4. The highest BCUT2D eigenvalue weighted by atomic mass is 16.4. The van der Waals surface area contributed by atoms with E-state index >= 15 is 0 Å². The van der Waals surface area contributed by atoms with Gasteiger partial charge >= 0.3 is 0 Å². The van der Waals surface area contributed by atoms with Crippen LogP contribution in [-0.2, 0) is 5.41 Å². The van der Waals surface area contributed by atoms with E-state index < -0.39 is 5.41 Å². The van der Waals surface area contributed by atoms with Gasteiger partial charge in [0.05, 0.1) is 5.41 Å². The van der Waals surface area contributed by atoms with E-state index in [1.54, 1.807) is 24.3 Å². The van der Waals surface area contributed by atoms with E-state index in [2.05, 4.69) is 10.6 Å². The Morgan fingerprint density at radius 1 is 0.864 bits per heavy atom. The summed E-state index contributed by atoms with van der Waals surface area (Å²) in [6.07, 6.45) is 0.629. The Bertz CT molecular complexity index is 653. The minimum absolute atomic E-state index is 0.259. The van der Waals surface area contributed by atoms with Gasteiger partial charge < -0.3 is 19.5 Å². The van der Waals surface area contributed by atoms with Crippen molar-refractivity contribution in [2.75, 3.05) is 13.1 Å². The molecule has 1 aliphatic rings. The summed E-state index contributed by atoms with van der Waals surface area (Å²) in [6, 6.07) is 6.83. The Labute approximate surface area is 127 Å². The van der Waals surface area contributed by atoms with Gasteiger partial charge in [0.15, 0.2) is 11.5 Å². The molecule has 2 N–H and O–H groups in total. The van der Waals surface area contributed by atoms with Crippen LogP contribution in [-0.4, -0.2) is 24.9 Å². The van der Waals surface area contributed by atoms with Crippen molar-refractivity contribution in [1.29, 1.82) is 0 Å². The quantitative estimate of drug-likeness (QED) is 0.780. The monoisotopic (exact) mass is 302 g/mol. The summed E-state index contributed by atoms with van der Waals surface area (Å²) in [6.45, 7) is 4.75. The number of rotatable bonds is 0. The van der Waals surface area contributed by atoms with E-state index in [0.29, 0.717) is 31.0 Å². The van der Waals surface area contributed by atoms with Crippen molar-refractivity contribution >= 4 is 11.8 Å². The van der Waals surface area contributed by atoms with Crippen LogP contribution in [0.15, 0.2) is 33.1 Å². The van der Waals surface area contributed by atoms with E-state index in [1.165, 1.54) is 0 Å². The van der Waals surface area contributed by atoms with Gasteiger partial charge in [0.1, 0.15) is 11.5 Å². The van der Waals surface area contributed by atoms with Gasteiger partial charge in [0, 0.05) is 13.1 Å². The van der Waals surface area contributed by atoms with Gasteiger partial charge in [0.25, 0.3) is 11.8 Å². The van der Waals surface area contributed by atoms with Gasteiger partial charge in [-0.25, -0.2) is 0 Å². The van der Waals surface area contributed by atoms with Crippen LogP contribution in [0.1, 0.15) is 52.9 Å². The van der Waals surface area contributed by atoms with Crippen LogP contribution in [0.4, 0.5) is 0 Å². The van der Waals surface area contributed by atoms with Crippen molar-refractivity contribution in [3.8, 4) is 0 Å². The van der Waals surface area contributed by atoms with Crippen LogP contribution >= 0.6 is 0 Å². The van der Waals surface area contributed by atoms with Gasteiger partial charge in [-0.1, -0.05) is 0 Å². The molecule has 3 heterocycles. The molecular weight excluding hydrogens is 284 g/mol. The highest BCUT2D eigenvalue weighted by Crippen LogP contribution is 2.33. The van der Waals surface area contributed by atoms with E-state index in [-0.39, 0.29) is 23.3 Å². The molecule has 0 saturated heterocycles. The van der Waals surface area contributed by atoms with Crippen molar-refractivity contribution in [2.24, 2.45) is 0 Å². The SMILES string of the molecule is CC1(C)c2ccc(o2)C(=O)NCCCNC(=O)c2ccc1o2. The number of amides is 2. The molecule has 0 radical (unpaired) electrons. The van der Waals surface area contributed by atoms with Gasteiger partial charge in [-0.3, -0.25) is 9.59 Å². The molecule has 116 valence electrons. The van der Waals surface area contributed by atoms with E-state index in [1.807, 2.05) is 13.8 Å². The zero-order valence-electron chi connectivity index (χ0n) is 12.6. The average molecular weight is 302 g/mol. The topological polar surface area (TPSA) is 84.5 Å². The first-order valence-corrected chi connectivity index (χ1v) is 7.25. The Hall–Kier alpha value is -2.50. The van der Waals surface area contributed by atoms with Crippen LogP contribution in [0.25, 0.3) is 0 Å². The molecule has 0 aromatic carbocycles. The minimum atomic E-state index is -0.582. The summed E-state index contributed by atoms with van der Waals surface area (Å²) in [5, 5.41) is 5.53. The smallest absolute Gasteiger partial charge is 0.286 e. The van der Waals surface area contributed by atoms with Crippen LogP contribution < -0.4 is 10.6 Å². The number of nitrogens with one attached hydrogen (secondary N) is 2. The molecule has 1 aliphatic heterocycles. The number of carbonyl (C=O) groups is 2. The predicted octanol–water partition coefficient (Wildman–Crippen LogP) is 2.06. The van der Waals surface area contributed by atoms with Crippen molar-refractivity contribution in [3.63, 3.8) is 0 Å². The molecule has 0 atom stereocenters. The van der Waals surface area contributed by atoms with Crippen LogP contribution in [0.5, 0.6) is 0 Å². The second kappa shape index (κ2) is 5.36. The molecule has 2 amide bonds. The fourth-order valence-electron chi connectivity index (χ4n) is 2.38. The maximum absolute atomic E-state index is 12.0. The van der Waals surface area contributed by atoms with Crippen LogP contribution in [0.3, 0.4) is 0 Å². The molecule has 22 heavy (non-hydrogen) atoms. The molecule has 3 rings (SSSR count). The molecule has 0 unspecified atom stereocenters. The molecule has 0 aliphatic carbocycles. The summed E-state index contributed by atoms with van der Waals surface area (Å²) < 4.78 is 11.4. The molecule has 0 saturated carbocycles. The first-order valence-electron chi connectivity index (χ1n) is 7.25. The standard InChI is InChI=1S/C16H18N2O4/c1-16(2)12-6-4-10(21-12)14(19)17-8-3-9-18-15(20)11-5-7-13(16)22-11/h4-7H,3,8-9H2,1-2H3,(H,17,19)(H,18,20). The molecule has 0 spiro atoms. The van der Waals surface area contributed by atoms with E-state index in [9.17, 15) is 9.59 Å². The van der Waals surface area contributed by atoms with Crippen LogP contribution in [0, 0.1) is 0 Å². The zero-order chi connectivity index (χ0) is 15.7. The van der Waals surface area contributed by atoms with Crippen LogP contribution in [0.2, 0.25) is 0 Å². The third kappa shape index (κ3) is 2.52. The summed E-state index contributed by atoms with van der Waals surface area (Å²) in [4.78, 5) is 24.0. The maximum atomic E-state index is 12.0. The van der Waals surface area contributed by atoms with E-state index in [4.69, 9.17) is 8.83 Å². The van der Waals surface area contributed by atoms with Gasteiger partial charge in [-0.05, 0) is 44.5 Å². The van der Waals surface area contributed by atoms with Gasteiger partial charge in [-0.2, -0.15) is 0 Å². The third-order valence-electron chi connectivity index (χ3n) is 3.82. The lowest BCUT2D eigenvalue weighted by atomic mass is 9.87. The summed E-state index contributed by atoms with van der Waals surface area (Å²) in [5.41, 5.74) is -0.582. The average Bonchev–Trinajstić information content (AvgIpc) is 3.15. The highest BCUT2D eigenvalue weighted by molar-refractivity contribution is 5.92. The van der Waals surface area contributed by atoms with Gasteiger partial charge in [-0.15, -0.1) is 0 Å². The van der Waals surface area contributed by atoms with Crippen molar-refractivity contribution < 1.29 is 18.4 Å². The van der Waals surface area contributed by atoms with Crippen molar-refractivity contribution in [2.45, 2.75) is 25.7 Å². The lowest BCUT2D eigenvalue weighted by Gasteiger charge is -2.19. The molecule has 6 nitrogen and oxygen atoms in total. The second-order valence-electron chi connectivity index (χ2n) is 5.82. The minimum Gasteiger partial charge on any atom is -0.455 e. The van der Waals surface area contributed by atoms with Crippen molar-refractivity contribution in [3.05, 3.63) is 47.3 Å². The fourth-order valence-corrected chi connectivity index (χ4v) is 2.38. The number of furan rings is 2. The predicted molar refractivity (Wildman–Crippen MR) is 78.8 cm³/mol. The van der Waals surface area contributed by atoms with Crippen molar-refractivity contribution in [1.82, 2.24) is 10.6 Å². The Kier molecular flexibility index (Phi) is 3.52. The molecule has 0 fully saturated rings. The highest BCUT2D eigenvalue weighted by Gasteiger charge is 2.32. The molecule has 2 aromatic rings. The number of fused-ring (bicyclic) bond motifs is 4. The lowest BCUT2D eigenvalue weighted by Crippen LogP contribution is -2.29. The zero-order valence-corrected chi connectivity index (χ0v) is 12.6. The Morgan fingerprint density at radius 2 is 1.32 bits per heavy atom. The second-order valence-corrected chi connectivity index (χ2v) is 5.82. The Balaban J connectivity index is 2.01. The van der Waals surface area contributed by atoms with Gasteiger partial charge in [0.2, 0.25) is 0 Å². The number of carbonyl (C=O) groups excluding carboxylic acids is 2. The Morgan fingerprint density at radius 3 is 1.77 bits per heavy atom. The first kappa shape index (κ1) is 14.4. The molecule has 4 bridgehead atoms. The van der Waals surface area contributed by atoms with E-state index in [0.717, 1.165) is 0 Å². The molecule has 6 heteroatoms. The normalized spacial score (nSPS) is 18.3. The summed E-state index contributed by atoms with van der Waals surface area (Å²) in [5.74, 6) is 1.25. The fraction of sp³-hybridized carbons (Fsp3) is 0.375. The summed E-state index contributed by atoms with van der Waals surface area (Å²) >= 11 is 0. The number of hydrogen-bond acceptors (Lipinski definition) is 4. The maximum Gasteiger partial charge on any atom is 0.286 e.